The van der Waals surface area contributed by atoms with Gasteiger partial charge < -0.3 is 5.32 Å². The molecule has 5 heteroatoms. The minimum absolute atomic E-state index is 0.0343. The van der Waals surface area contributed by atoms with Crippen LogP contribution in [0.4, 0.5) is 0 Å². The van der Waals surface area contributed by atoms with E-state index in [-0.39, 0.29) is 11.6 Å². The predicted octanol–water partition coefficient (Wildman–Crippen LogP) is 2.35. The van der Waals surface area contributed by atoms with E-state index in [2.05, 4.69) is 10.3 Å². The molecule has 0 saturated heterocycles. The van der Waals surface area contributed by atoms with Gasteiger partial charge >= 0.3 is 0 Å². The zero-order valence-corrected chi connectivity index (χ0v) is 15.7. The number of amides is 1. The summed E-state index contributed by atoms with van der Waals surface area (Å²) in [5, 5.41) is 12.5. The number of hydrogen-bond acceptors (Lipinski definition) is 3. The molecule has 0 spiro atoms. The Morgan fingerprint density at radius 3 is 2.36 bits per heavy atom. The van der Waals surface area contributed by atoms with Crippen molar-refractivity contribution < 1.29 is 4.79 Å². The van der Waals surface area contributed by atoms with Crippen molar-refractivity contribution in [2.24, 2.45) is 0 Å². The van der Waals surface area contributed by atoms with E-state index in [0.717, 1.165) is 16.7 Å². The van der Waals surface area contributed by atoms with Gasteiger partial charge in [0.25, 0.3) is 5.91 Å². The molecular weight excluding hydrogens is 345 g/mol. The Hall–Kier alpha value is -3.65. The molecule has 0 aliphatic rings. The molecule has 1 N–H and O–H groups in total. The molecule has 4 nitrogen and oxygen atoms in total. The molecule has 0 aliphatic carbocycles. The smallest absolute Gasteiger partial charge is 0.262 e. The molecule has 1 amide bonds. The summed E-state index contributed by atoms with van der Waals surface area (Å²) in [6.07, 6.45) is 2.16. The number of aromatic nitrogens is 1. The Bertz CT molecular complexity index is 1010. The van der Waals surface area contributed by atoms with Gasteiger partial charge in [-0.1, -0.05) is 72.8 Å². The summed E-state index contributed by atoms with van der Waals surface area (Å²) in [5.41, 5.74) is 3.56. The van der Waals surface area contributed by atoms with Crippen LogP contribution in [0.1, 0.15) is 22.9 Å². The second-order valence-electron chi connectivity index (χ2n) is 6.50. The van der Waals surface area contributed by atoms with Crippen LogP contribution in [-0.4, -0.2) is 18.7 Å². The average Bonchev–Trinajstić information content (AvgIpc) is 2.73. The van der Waals surface area contributed by atoms with Gasteiger partial charge in [0, 0.05) is 0 Å². The monoisotopic (exact) mass is 365 g/mol. The van der Waals surface area contributed by atoms with Gasteiger partial charge in [0.2, 0.25) is 0 Å². The molecule has 0 radical (unpaired) electrons. The first-order valence-electron chi connectivity index (χ1n) is 9.11. The number of carbonyl (C=O) groups excluding carboxylic acids is 1. The lowest BCUT2D eigenvalue weighted by atomic mass is 9.98. The van der Waals surface area contributed by atoms with Gasteiger partial charge in [-0.2, -0.15) is 5.26 Å². The Morgan fingerprint density at radius 1 is 1.04 bits per heavy atom. The molecule has 1 atom stereocenters. The van der Waals surface area contributed by atoms with Crippen molar-refractivity contribution in [3.8, 4) is 6.07 Å². The zero-order valence-electron chi connectivity index (χ0n) is 15.7. The van der Waals surface area contributed by atoms with Crippen LogP contribution in [0.3, 0.4) is 0 Å². The standard InChI is InChI=1S/C23H20BN3O/c24-22-13-7-12-20(26-22)15-19(16-25)23(28)27-21(18-10-5-2-6-11-18)14-17-8-3-1-4-9-17/h1-13,15,21H,14,24H2,(H,27,28)/b19-15+/t21-/m0/s1. The van der Waals surface area contributed by atoms with Gasteiger partial charge in [0.15, 0.2) is 7.85 Å². The molecule has 0 unspecified atom stereocenters. The Morgan fingerprint density at radius 2 is 1.71 bits per heavy atom. The molecule has 136 valence electrons. The first-order valence-corrected chi connectivity index (χ1v) is 9.11. The van der Waals surface area contributed by atoms with Crippen LogP contribution in [0.15, 0.2) is 84.4 Å². The van der Waals surface area contributed by atoms with Crippen molar-refractivity contribution in [1.82, 2.24) is 10.3 Å². The molecule has 3 aromatic rings. The SMILES string of the molecule is Bc1cccc(/C=C(\C#N)C(=O)N[C@@H](Cc2ccccc2)c2ccccc2)n1. The fraction of sp³-hybridized carbons (Fsp3) is 0.0870. The summed E-state index contributed by atoms with van der Waals surface area (Å²) in [5.74, 6) is -0.407. The number of benzene rings is 2. The van der Waals surface area contributed by atoms with Crippen molar-refractivity contribution in [2.45, 2.75) is 12.5 Å². The minimum atomic E-state index is -0.407. The molecule has 3 rings (SSSR count). The first kappa shape index (κ1) is 19.1. The van der Waals surface area contributed by atoms with Gasteiger partial charge in [-0.3, -0.25) is 9.78 Å². The number of hydrogen-bond donors (Lipinski definition) is 1. The van der Waals surface area contributed by atoms with Crippen molar-refractivity contribution >= 4 is 25.4 Å². The summed E-state index contributed by atoms with van der Waals surface area (Å²) in [4.78, 5) is 17.1. The summed E-state index contributed by atoms with van der Waals surface area (Å²) < 4.78 is 0. The Labute approximate surface area is 166 Å². The van der Waals surface area contributed by atoms with Crippen molar-refractivity contribution in [2.75, 3.05) is 0 Å². The van der Waals surface area contributed by atoms with Crippen LogP contribution in [0.5, 0.6) is 0 Å². The van der Waals surface area contributed by atoms with Gasteiger partial charge in [-0.25, -0.2) is 0 Å². The molecule has 0 aliphatic heterocycles. The molecule has 1 aromatic heterocycles. The van der Waals surface area contributed by atoms with Gasteiger partial charge in [0.1, 0.15) is 11.6 Å². The number of nitriles is 1. The molecular formula is C23H20BN3O. The summed E-state index contributed by atoms with van der Waals surface area (Å²) >= 11 is 0. The number of rotatable bonds is 6. The molecule has 2 aromatic carbocycles. The van der Waals surface area contributed by atoms with Crippen LogP contribution in [0.25, 0.3) is 6.08 Å². The average molecular weight is 365 g/mol. The van der Waals surface area contributed by atoms with Crippen LogP contribution >= 0.6 is 0 Å². The van der Waals surface area contributed by atoms with Crippen LogP contribution in [-0.2, 0) is 11.2 Å². The lowest BCUT2D eigenvalue weighted by Crippen LogP contribution is -2.30. The van der Waals surface area contributed by atoms with E-state index in [1.54, 1.807) is 6.07 Å². The number of pyridine rings is 1. The predicted molar refractivity (Wildman–Crippen MR) is 113 cm³/mol. The second kappa shape index (κ2) is 9.34. The third-order valence-electron chi connectivity index (χ3n) is 4.36. The van der Waals surface area contributed by atoms with Crippen molar-refractivity contribution in [1.29, 1.82) is 5.26 Å². The number of carbonyl (C=O) groups is 1. The van der Waals surface area contributed by atoms with Gasteiger partial charge in [-0.15, -0.1) is 0 Å². The fourth-order valence-corrected chi connectivity index (χ4v) is 2.96. The molecule has 28 heavy (non-hydrogen) atoms. The van der Waals surface area contributed by atoms with E-state index in [1.807, 2.05) is 86.7 Å². The minimum Gasteiger partial charge on any atom is -0.344 e. The highest BCUT2D eigenvalue weighted by atomic mass is 16.1. The molecule has 0 bridgehead atoms. The highest BCUT2D eigenvalue weighted by molar-refractivity contribution is 6.30. The van der Waals surface area contributed by atoms with Crippen LogP contribution < -0.4 is 10.9 Å². The fourth-order valence-electron chi connectivity index (χ4n) is 2.96. The third kappa shape index (κ3) is 5.18. The van der Waals surface area contributed by atoms with E-state index in [1.165, 1.54) is 6.08 Å². The zero-order chi connectivity index (χ0) is 19.8. The van der Waals surface area contributed by atoms with E-state index < -0.39 is 5.91 Å². The van der Waals surface area contributed by atoms with Gasteiger partial charge in [-0.05, 0) is 35.3 Å². The molecule has 0 fully saturated rings. The van der Waals surface area contributed by atoms with E-state index in [4.69, 9.17) is 0 Å². The first-order chi connectivity index (χ1) is 13.7. The highest BCUT2D eigenvalue weighted by Gasteiger charge is 2.18. The van der Waals surface area contributed by atoms with Crippen molar-refractivity contribution in [3.63, 3.8) is 0 Å². The maximum atomic E-state index is 12.8. The Kier molecular flexibility index (Phi) is 6.38. The summed E-state index contributed by atoms with van der Waals surface area (Å²) in [6.45, 7) is 0. The lowest BCUT2D eigenvalue weighted by Gasteiger charge is -2.19. The largest absolute Gasteiger partial charge is 0.344 e. The molecule has 1 heterocycles. The van der Waals surface area contributed by atoms with E-state index >= 15 is 0 Å². The van der Waals surface area contributed by atoms with E-state index in [9.17, 15) is 10.1 Å². The highest BCUT2D eigenvalue weighted by Crippen LogP contribution is 2.19. The maximum Gasteiger partial charge on any atom is 0.262 e. The van der Waals surface area contributed by atoms with Crippen LogP contribution in [0, 0.1) is 11.3 Å². The summed E-state index contributed by atoms with van der Waals surface area (Å²) in [7, 11) is 1.87. The second-order valence-corrected chi connectivity index (χ2v) is 6.50. The van der Waals surface area contributed by atoms with Crippen LogP contribution in [0.2, 0.25) is 0 Å². The maximum absolute atomic E-state index is 12.8. The summed E-state index contributed by atoms with van der Waals surface area (Å²) in [6, 6.07) is 27.0. The van der Waals surface area contributed by atoms with Gasteiger partial charge in [0.05, 0.1) is 11.7 Å². The number of nitrogens with zero attached hydrogens (tertiary/aromatic N) is 2. The molecule has 0 saturated carbocycles. The lowest BCUT2D eigenvalue weighted by molar-refractivity contribution is -0.117. The topological polar surface area (TPSA) is 65.8 Å². The number of nitrogens with one attached hydrogen (secondary N) is 1. The van der Waals surface area contributed by atoms with E-state index in [0.29, 0.717) is 12.1 Å². The van der Waals surface area contributed by atoms with Crippen molar-refractivity contribution in [3.05, 3.63) is 101 Å². The quantitative estimate of drug-likeness (QED) is 0.414. The Balaban J connectivity index is 1.84. The third-order valence-corrected chi connectivity index (χ3v) is 4.36. The normalized spacial score (nSPS) is 12.0.